The summed E-state index contributed by atoms with van der Waals surface area (Å²) >= 11 is 6.21. The van der Waals surface area contributed by atoms with E-state index in [9.17, 15) is 0 Å². The molecule has 1 radical (unpaired) electrons. The lowest BCUT2D eigenvalue weighted by atomic mass is 10.4. The number of hydrogen-bond acceptors (Lipinski definition) is 3. The van der Waals surface area contributed by atoms with E-state index in [0.717, 1.165) is 5.69 Å². The molecule has 0 saturated carbocycles. The molecule has 0 atom stereocenters. The normalized spacial score (nSPS) is 9.89. The maximum Gasteiger partial charge on any atom is 0.180 e. The van der Waals surface area contributed by atoms with Crippen LogP contribution in [0.4, 0.5) is 0 Å². The van der Waals surface area contributed by atoms with Gasteiger partial charge in [-0.3, -0.25) is 0 Å². The molecule has 0 aromatic carbocycles. The van der Waals surface area contributed by atoms with Gasteiger partial charge in [-0.1, -0.05) is 0 Å². The molecule has 1 heterocycles. The topological polar surface area (TPSA) is 33.1 Å². The summed E-state index contributed by atoms with van der Waals surface area (Å²) in [7, 11) is 0. The first-order valence-electron chi connectivity index (χ1n) is 2.55. The summed E-state index contributed by atoms with van der Waals surface area (Å²) in [6.07, 6.45) is 0.618. The first kappa shape index (κ1) is 6.92. The van der Waals surface area contributed by atoms with Gasteiger partial charge < -0.3 is 5.11 Å². The second-order valence-corrected chi connectivity index (χ2v) is 3.08. The lowest BCUT2D eigenvalue weighted by Gasteiger charge is -1.85. The second kappa shape index (κ2) is 3.10. The van der Waals surface area contributed by atoms with Crippen LogP contribution in [0.1, 0.15) is 5.69 Å². The molecule has 0 aliphatic heterocycles. The van der Waals surface area contributed by atoms with Gasteiger partial charge in [-0.25, -0.2) is 4.98 Å². The van der Waals surface area contributed by atoms with Crippen molar-refractivity contribution in [2.24, 2.45) is 0 Å². The van der Waals surface area contributed by atoms with Gasteiger partial charge >= 0.3 is 0 Å². The molecule has 9 heavy (non-hydrogen) atoms. The Hall–Kier alpha value is -0.190. The van der Waals surface area contributed by atoms with E-state index < -0.39 is 0 Å². The van der Waals surface area contributed by atoms with Gasteiger partial charge in [0.05, 0.1) is 5.69 Å². The minimum Gasteiger partial charge on any atom is -0.396 e. The largest absolute Gasteiger partial charge is 0.396 e. The number of nitrogens with zero attached hydrogens (tertiary/aromatic N) is 1. The monoisotopic (exact) mass is 160 g/mol. The average molecular weight is 160 g/mol. The Kier molecular flexibility index (Phi) is 2.38. The van der Waals surface area contributed by atoms with Gasteiger partial charge in [0.2, 0.25) is 0 Å². The zero-order valence-electron chi connectivity index (χ0n) is 4.70. The van der Waals surface area contributed by atoms with Gasteiger partial charge in [0.1, 0.15) is 0 Å². The standard InChI is InChI=1S/C5H6NOS2/c7-2-1-4-3-9-5(8)6-4/h3,7H,1-2H2. The van der Waals surface area contributed by atoms with Crippen molar-refractivity contribution in [2.75, 3.05) is 6.61 Å². The molecule has 1 aromatic rings. The third-order valence-electron chi connectivity index (χ3n) is 0.899. The summed E-state index contributed by atoms with van der Waals surface area (Å²) in [6, 6.07) is 0. The molecular formula is C5H6NOS2. The summed E-state index contributed by atoms with van der Waals surface area (Å²) < 4.78 is 0.651. The molecule has 1 N–H and O–H groups in total. The first-order chi connectivity index (χ1) is 4.33. The van der Waals surface area contributed by atoms with Crippen LogP contribution < -0.4 is 0 Å². The summed E-state index contributed by atoms with van der Waals surface area (Å²) in [5.74, 6) is 0. The van der Waals surface area contributed by atoms with Crippen LogP contribution in [0.5, 0.6) is 0 Å². The smallest absolute Gasteiger partial charge is 0.180 e. The lowest BCUT2D eigenvalue weighted by Crippen LogP contribution is -1.89. The van der Waals surface area contributed by atoms with Gasteiger partial charge in [-0.05, 0) is 12.6 Å². The number of aliphatic hydroxyl groups excluding tert-OH is 1. The molecule has 0 aliphatic rings. The molecule has 0 spiro atoms. The molecule has 0 aliphatic carbocycles. The lowest BCUT2D eigenvalue weighted by molar-refractivity contribution is 0.298. The van der Waals surface area contributed by atoms with Crippen molar-refractivity contribution < 1.29 is 5.11 Å². The van der Waals surface area contributed by atoms with Crippen molar-refractivity contribution >= 4 is 24.0 Å². The van der Waals surface area contributed by atoms with Gasteiger partial charge in [0.25, 0.3) is 0 Å². The molecule has 49 valence electrons. The van der Waals surface area contributed by atoms with Crippen molar-refractivity contribution in [1.82, 2.24) is 4.98 Å². The third-order valence-corrected chi connectivity index (χ3v) is 1.96. The van der Waals surface area contributed by atoms with Crippen LogP contribution in [-0.4, -0.2) is 16.7 Å². The fraction of sp³-hybridized carbons (Fsp3) is 0.400. The average Bonchev–Trinajstić information content (AvgIpc) is 2.17. The van der Waals surface area contributed by atoms with Crippen molar-refractivity contribution in [3.8, 4) is 0 Å². The Labute approximate surface area is 63.0 Å². The number of hydrogen-bond donors (Lipinski definition) is 1. The van der Waals surface area contributed by atoms with E-state index in [1.54, 1.807) is 0 Å². The van der Waals surface area contributed by atoms with Crippen LogP contribution in [0.3, 0.4) is 0 Å². The van der Waals surface area contributed by atoms with Crippen molar-refractivity contribution in [3.05, 3.63) is 11.1 Å². The Morgan fingerprint density at radius 2 is 2.56 bits per heavy atom. The van der Waals surface area contributed by atoms with Crippen LogP contribution in [0.15, 0.2) is 9.72 Å². The highest BCUT2D eigenvalue weighted by Crippen LogP contribution is 2.12. The molecule has 0 bridgehead atoms. The molecule has 0 fully saturated rings. The summed E-state index contributed by atoms with van der Waals surface area (Å²) in [5, 5.41) is 10.3. The Morgan fingerprint density at radius 3 is 3.00 bits per heavy atom. The minimum atomic E-state index is 0.151. The predicted octanol–water partition coefficient (Wildman–Crippen LogP) is 1.23. The molecule has 0 saturated heterocycles. The van der Waals surface area contributed by atoms with Crippen LogP contribution in [0.25, 0.3) is 0 Å². The predicted molar refractivity (Wildman–Crippen MR) is 38.8 cm³/mol. The molecule has 1 aromatic heterocycles. The van der Waals surface area contributed by atoms with E-state index in [1.165, 1.54) is 11.3 Å². The second-order valence-electron chi connectivity index (χ2n) is 1.58. The Morgan fingerprint density at radius 1 is 1.78 bits per heavy atom. The number of thiazole rings is 1. The van der Waals surface area contributed by atoms with E-state index in [4.69, 9.17) is 17.7 Å². The summed E-state index contributed by atoms with van der Waals surface area (Å²) in [6.45, 7) is 0.151. The number of aromatic nitrogens is 1. The Balaban J connectivity index is 2.61. The minimum absolute atomic E-state index is 0.151. The highest BCUT2D eigenvalue weighted by atomic mass is 32.2. The molecule has 0 unspecified atom stereocenters. The fourth-order valence-corrected chi connectivity index (χ4v) is 1.36. The van der Waals surface area contributed by atoms with Crippen LogP contribution >= 0.6 is 24.0 Å². The molecule has 4 heteroatoms. The number of aliphatic hydroxyl groups is 1. The highest BCUT2D eigenvalue weighted by molar-refractivity contribution is 7.82. The quantitative estimate of drug-likeness (QED) is 0.706. The zero-order chi connectivity index (χ0) is 6.69. The van der Waals surface area contributed by atoms with Gasteiger partial charge in [0, 0.05) is 18.4 Å². The molecule has 2 nitrogen and oxygen atoms in total. The van der Waals surface area contributed by atoms with Crippen LogP contribution in [-0.2, 0) is 6.42 Å². The maximum absolute atomic E-state index is 8.46. The third kappa shape index (κ3) is 1.89. The van der Waals surface area contributed by atoms with E-state index in [0.29, 0.717) is 10.8 Å². The SMILES string of the molecule is OCCc1csc([S])n1. The molecule has 0 amide bonds. The Bertz CT molecular complexity index is 187. The number of rotatable bonds is 2. The molecule has 1 rings (SSSR count). The van der Waals surface area contributed by atoms with Crippen molar-refractivity contribution in [3.63, 3.8) is 0 Å². The van der Waals surface area contributed by atoms with Crippen LogP contribution in [0.2, 0.25) is 0 Å². The van der Waals surface area contributed by atoms with Crippen molar-refractivity contribution in [1.29, 1.82) is 0 Å². The van der Waals surface area contributed by atoms with E-state index in [2.05, 4.69) is 4.98 Å². The van der Waals surface area contributed by atoms with Gasteiger partial charge in [0.15, 0.2) is 4.34 Å². The van der Waals surface area contributed by atoms with Gasteiger partial charge in [-0.15, -0.1) is 11.3 Å². The maximum atomic E-state index is 8.46. The van der Waals surface area contributed by atoms with E-state index in [1.807, 2.05) is 5.38 Å². The van der Waals surface area contributed by atoms with Crippen LogP contribution in [0, 0.1) is 0 Å². The highest BCUT2D eigenvalue weighted by Gasteiger charge is 1.96. The summed E-state index contributed by atoms with van der Waals surface area (Å²) in [5.41, 5.74) is 0.896. The van der Waals surface area contributed by atoms with Gasteiger partial charge in [-0.2, -0.15) is 0 Å². The van der Waals surface area contributed by atoms with Crippen molar-refractivity contribution in [2.45, 2.75) is 10.8 Å². The van der Waals surface area contributed by atoms with E-state index in [-0.39, 0.29) is 6.61 Å². The summed E-state index contributed by atoms with van der Waals surface area (Å²) in [4.78, 5) is 3.97. The zero-order valence-corrected chi connectivity index (χ0v) is 6.34. The first-order valence-corrected chi connectivity index (χ1v) is 3.84. The van der Waals surface area contributed by atoms with E-state index >= 15 is 0 Å². The fourth-order valence-electron chi connectivity index (χ4n) is 0.518. The molecular weight excluding hydrogens is 154 g/mol.